The molecular weight excluding hydrogens is 528 g/mol. The van der Waals surface area contributed by atoms with E-state index >= 15 is 0 Å². The zero-order chi connectivity index (χ0) is 30.1. The summed E-state index contributed by atoms with van der Waals surface area (Å²) in [4.78, 5) is 0. The summed E-state index contributed by atoms with van der Waals surface area (Å²) in [5.41, 5.74) is -0.746. The molecule has 2 N–H and O–H groups in total. The van der Waals surface area contributed by atoms with E-state index in [9.17, 15) is 10.2 Å². The van der Waals surface area contributed by atoms with Crippen LogP contribution in [0.4, 0.5) is 0 Å². The molecule has 0 radical (unpaired) electrons. The molecule has 6 heteroatoms. The van der Waals surface area contributed by atoms with Crippen molar-refractivity contribution in [2.75, 3.05) is 13.2 Å². The average Bonchev–Trinajstić information content (AvgIpc) is 3.17. The van der Waals surface area contributed by atoms with Gasteiger partial charge in [-0.1, -0.05) is 107 Å². The van der Waals surface area contributed by atoms with Gasteiger partial charge in [0.15, 0.2) is 11.4 Å². The Morgan fingerprint density at radius 2 is 1.51 bits per heavy atom. The molecule has 1 heterocycles. The second-order valence-corrected chi connectivity index (χ2v) is 17.5. The molecule has 0 amide bonds. The quantitative estimate of drug-likeness (QED) is 0.285. The van der Waals surface area contributed by atoms with Crippen molar-refractivity contribution < 1.29 is 24.1 Å². The van der Waals surface area contributed by atoms with Gasteiger partial charge < -0.3 is 24.1 Å². The highest BCUT2D eigenvalue weighted by Gasteiger charge is 2.57. The monoisotopic (exact) mass is 574 g/mol. The molecule has 1 fully saturated rings. The molecule has 5 nitrogen and oxygen atoms in total. The van der Waals surface area contributed by atoms with Gasteiger partial charge in [-0.3, -0.25) is 0 Å². The van der Waals surface area contributed by atoms with Gasteiger partial charge in [0, 0.05) is 17.4 Å². The number of rotatable bonds is 6. The Kier molecular flexibility index (Phi) is 8.93. The second kappa shape index (κ2) is 11.6. The molecule has 1 spiro atoms. The second-order valence-electron chi connectivity index (χ2n) is 13.2. The Bertz CT molecular complexity index is 1280. The molecule has 2 aromatic rings. The van der Waals surface area contributed by atoms with E-state index in [2.05, 4.69) is 81.1 Å². The van der Waals surface area contributed by atoms with Crippen molar-refractivity contribution >= 4 is 18.7 Å². The van der Waals surface area contributed by atoms with E-state index in [-0.39, 0.29) is 30.5 Å². The smallest absolute Gasteiger partial charge is 0.261 e. The van der Waals surface area contributed by atoms with Gasteiger partial charge in [0.05, 0.1) is 25.4 Å². The normalized spacial score (nSPS) is 25.9. The van der Waals surface area contributed by atoms with Crippen LogP contribution in [-0.2, 0) is 13.9 Å². The molecule has 0 saturated carbocycles. The first kappa shape index (κ1) is 31.4. The molecule has 0 bridgehead atoms. The number of ether oxygens (including phenoxy) is 2. The van der Waals surface area contributed by atoms with E-state index in [1.54, 1.807) is 6.08 Å². The van der Waals surface area contributed by atoms with Gasteiger partial charge >= 0.3 is 0 Å². The van der Waals surface area contributed by atoms with Crippen LogP contribution in [0.15, 0.2) is 84.0 Å². The van der Waals surface area contributed by atoms with Crippen LogP contribution < -0.4 is 10.4 Å². The van der Waals surface area contributed by atoms with Gasteiger partial charge in [-0.25, -0.2) is 0 Å². The summed E-state index contributed by atoms with van der Waals surface area (Å²) in [6, 6.07) is 20.9. The predicted octanol–water partition coefficient (Wildman–Crippen LogP) is 5.11. The highest BCUT2D eigenvalue weighted by molar-refractivity contribution is 6.99. The summed E-state index contributed by atoms with van der Waals surface area (Å²) in [6.07, 6.45) is 3.96. The standard InChI is InChI=1S/C35H46O5Si/c1-26-23-34(39-27(2)28(3)40-34)25-33(7,8)35(26,37)21-19-29(20-22-36)24-38-41(32(4,5)6,30-15-11-9-12-16-30)31-17-13-10-14-18-31/h9-18,20,23,27-28,36-37H,22,24-25H2,1-8H3/b29-20+/t27-,28-,35+/m0/s1. The fourth-order valence-corrected chi connectivity index (χ4v) is 10.9. The summed E-state index contributed by atoms with van der Waals surface area (Å²) < 4.78 is 19.5. The van der Waals surface area contributed by atoms with Gasteiger partial charge in [-0.2, -0.15) is 0 Å². The van der Waals surface area contributed by atoms with Gasteiger partial charge in [-0.15, -0.1) is 0 Å². The van der Waals surface area contributed by atoms with Crippen molar-refractivity contribution in [2.24, 2.45) is 5.41 Å². The first-order valence-electron chi connectivity index (χ1n) is 14.6. The lowest BCUT2D eigenvalue weighted by Crippen LogP contribution is -2.66. The maximum Gasteiger partial charge on any atom is 0.261 e. The maximum atomic E-state index is 12.0. The van der Waals surface area contributed by atoms with Crippen LogP contribution >= 0.6 is 0 Å². The Morgan fingerprint density at radius 3 is 1.95 bits per heavy atom. The molecule has 41 heavy (non-hydrogen) atoms. The molecule has 1 aliphatic carbocycles. The molecule has 1 aliphatic heterocycles. The molecule has 2 aliphatic rings. The van der Waals surface area contributed by atoms with E-state index in [0.29, 0.717) is 17.6 Å². The van der Waals surface area contributed by atoms with Crippen LogP contribution in [0.25, 0.3) is 0 Å². The zero-order valence-electron chi connectivity index (χ0n) is 25.8. The third-order valence-corrected chi connectivity index (χ3v) is 13.7. The summed E-state index contributed by atoms with van der Waals surface area (Å²) in [6.45, 7) is 16.6. The van der Waals surface area contributed by atoms with Gasteiger partial charge in [0.2, 0.25) is 0 Å². The first-order chi connectivity index (χ1) is 19.2. The minimum absolute atomic E-state index is 0.0372. The van der Waals surface area contributed by atoms with Gasteiger partial charge in [-0.05, 0) is 53.9 Å². The topological polar surface area (TPSA) is 68.2 Å². The number of hydrogen-bond acceptors (Lipinski definition) is 5. The first-order valence-corrected chi connectivity index (χ1v) is 16.5. The Balaban J connectivity index is 1.71. The molecule has 3 atom stereocenters. The van der Waals surface area contributed by atoms with E-state index < -0.39 is 25.1 Å². The van der Waals surface area contributed by atoms with E-state index in [1.807, 2.05) is 52.8 Å². The third-order valence-electron chi connectivity index (χ3n) is 8.71. The molecule has 220 valence electrons. The third kappa shape index (κ3) is 5.90. The van der Waals surface area contributed by atoms with Crippen LogP contribution in [0.5, 0.6) is 0 Å². The molecule has 2 aromatic carbocycles. The van der Waals surface area contributed by atoms with Crippen molar-refractivity contribution in [1.82, 2.24) is 0 Å². The van der Waals surface area contributed by atoms with Crippen molar-refractivity contribution in [3.05, 3.63) is 84.0 Å². The fraction of sp³-hybridized carbons (Fsp3) is 0.486. The minimum Gasteiger partial charge on any atom is -0.402 e. The average molecular weight is 575 g/mol. The zero-order valence-corrected chi connectivity index (χ0v) is 26.8. The molecule has 4 rings (SSSR count). The summed E-state index contributed by atoms with van der Waals surface area (Å²) in [5.74, 6) is 5.54. The summed E-state index contributed by atoms with van der Waals surface area (Å²) in [5, 5.41) is 24.1. The Labute approximate surface area is 247 Å². The molecule has 1 saturated heterocycles. The van der Waals surface area contributed by atoms with Crippen LogP contribution in [0, 0.1) is 17.3 Å². The van der Waals surface area contributed by atoms with Crippen molar-refractivity contribution in [3.8, 4) is 11.8 Å². The Morgan fingerprint density at radius 1 is 1.00 bits per heavy atom. The molecule has 0 aromatic heterocycles. The highest BCUT2D eigenvalue weighted by atomic mass is 28.4. The number of aliphatic hydroxyl groups is 2. The summed E-state index contributed by atoms with van der Waals surface area (Å²) in [7, 11) is -2.80. The van der Waals surface area contributed by atoms with Crippen LogP contribution in [-0.4, -0.2) is 55.3 Å². The Hall–Kier alpha value is -2.50. The van der Waals surface area contributed by atoms with Crippen LogP contribution in [0.1, 0.15) is 61.8 Å². The van der Waals surface area contributed by atoms with Crippen molar-refractivity contribution in [3.63, 3.8) is 0 Å². The molecule has 0 unspecified atom stereocenters. The number of benzene rings is 2. The van der Waals surface area contributed by atoms with E-state index in [0.717, 1.165) is 0 Å². The van der Waals surface area contributed by atoms with Crippen LogP contribution in [0.3, 0.4) is 0 Å². The van der Waals surface area contributed by atoms with Crippen molar-refractivity contribution in [2.45, 2.75) is 90.4 Å². The highest BCUT2D eigenvalue weighted by Crippen LogP contribution is 2.51. The summed E-state index contributed by atoms with van der Waals surface area (Å²) >= 11 is 0. The number of hydrogen-bond donors (Lipinski definition) is 2. The van der Waals surface area contributed by atoms with Gasteiger partial charge in [0.1, 0.15) is 0 Å². The molecular formula is C35H46O5Si. The van der Waals surface area contributed by atoms with E-state index in [4.69, 9.17) is 13.9 Å². The lowest BCUT2D eigenvalue weighted by atomic mass is 9.63. The maximum absolute atomic E-state index is 12.0. The minimum atomic E-state index is -2.80. The fourth-order valence-electron chi connectivity index (χ4n) is 6.41. The van der Waals surface area contributed by atoms with Gasteiger partial charge in [0.25, 0.3) is 8.32 Å². The number of aliphatic hydroxyl groups excluding tert-OH is 1. The van der Waals surface area contributed by atoms with Crippen molar-refractivity contribution in [1.29, 1.82) is 0 Å². The lowest BCUT2D eigenvalue weighted by Gasteiger charge is -2.48. The predicted molar refractivity (Wildman–Crippen MR) is 167 cm³/mol. The lowest BCUT2D eigenvalue weighted by molar-refractivity contribution is -0.182. The van der Waals surface area contributed by atoms with Crippen LogP contribution in [0.2, 0.25) is 5.04 Å². The van der Waals surface area contributed by atoms with E-state index in [1.165, 1.54) is 10.4 Å². The SMILES string of the molecule is CC1=CC2(CC(C)(C)[C@@]1(O)C#C/C(=C\CO)CO[Si](c1ccccc1)(c1ccccc1)C(C)(C)C)O[C@@H](C)[C@H](C)O2. The largest absolute Gasteiger partial charge is 0.402 e.